The molecule has 3 nitrogen and oxygen atoms in total. The van der Waals surface area contributed by atoms with Gasteiger partial charge in [-0.3, -0.25) is 4.79 Å². The molecule has 84 valence electrons. The number of ether oxygens (including phenoxy) is 1. The fraction of sp³-hybridized carbons (Fsp3) is 0.875. The molecule has 1 N–H and O–H groups in total. The Bertz CT molecular complexity index is 175. The van der Waals surface area contributed by atoms with Crippen LogP contribution in [0.2, 0.25) is 0 Å². The summed E-state index contributed by atoms with van der Waals surface area (Å²) in [5, 5.41) is 3.08. The van der Waals surface area contributed by atoms with Crippen molar-refractivity contribution in [3.05, 3.63) is 0 Å². The van der Waals surface area contributed by atoms with Gasteiger partial charge in [-0.15, -0.1) is 12.4 Å². The summed E-state index contributed by atoms with van der Waals surface area (Å²) >= 11 is 0. The van der Waals surface area contributed by atoms with E-state index in [1.807, 2.05) is 0 Å². The van der Waals surface area contributed by atoms with Gasteiger partial charge in [-0.2, -0.15) is 0 Å². The molecule has 1 fully saturated rings. The van der Waals surface area contributed by atoms with E-state index >= 15 is 0 Å². The van der Waals surface area contributed by atoms with Crippen LogP contribution < -0.4 is 5.32 Å². The number of esters is 1. The number of nitrogens with one attached hydrogen (secondary N) is 1. The van der Waals surface area contributed by atoms with Crippen molar-refractivity contribution < 1.29 is 18.3 Å². The third kappa shape index (κ3) is 4.72. The van der Waals surface area contributed by atoms with E-state index in [1.54, 1.807) is 0 Å². The second-order valence-corrected chi connectivity index (χ2v) is 3.05. The normalized spacial score (nSPS) is 17.6. The molecule has 1 heterocycles. The van der Waals surface area contributed by atoms with Crippen LogP contribution in [-0.4, -0.2) is 32.1 Å². The van der Waals surface area contributed by atoms with Gasteiger partial charge in [-0.05, 0) is 25.9 Å². The van der Waals surface area contributed by atoms with Gasteiger partial charge in [0.15, 0.2) is 6.61 Å². The molecule has 14 heavy (non-hydrogen) atoms. The zero-order valence-corrected chi connectivity index (χ0v) is 8.49. The molecule has 1 aliphatic heterocycles. The van der Waals surface area contributed by atoms with Crippen LogP contribution in [0.1, 0.15) is 12.8 Å². The first-order valence-corrected chi connectivity index (χ1v) is 4.35. The van der Waals surface area contributed by atoms with E-state index in [-0.39, 0.29) is 18.3 Å². The molecule has 6 heteroatoms. The first-order valence-electron chi connectivity index (χ1n) is 4.35. The molecule has 1 rings (SSSR count). The van der Waals surface area contributed by atoms with Crippen LogP contribution >= 0.6 is 12.4 Å². The van der Waals surface area contributed by atoms with Crippen molar-refractivity contribution in [2.75, 3.05) is 19.7 Å². The summed E-state index contributed by atoms with van der Waals surface area (Å²) in [6.07, 6.45) is -1.20. The third-order valence-corrected chi connectivity index (χ3v) is 2.02. The van der Waals surface area contributed by atoms with Gasteiger partial charge in [0.05, 0.1) is 5.92 Å². The Morgan fingerprint density at radius 3 is 2.50 bits per heavy atom. The van der Waals surface area contributed by atoms with E-state index in [1.165, 1.54) is 0 Å². The molecule has 0 aromatic heterocycles. The summed E-state index contributed by atoms with van der Waals surface area (Å²) in [5.74, 6) is -0.679. The van der Waals surface area contributed by atoms with Crippen molar-refractivity contribution in [2.45, 2.75) is 19.3 Å². The minimum atomic E-state index is -2.56. The molecular weight excluding hydrogens is 216 g/mol. The van der Waals surface area contributed by atoms with Gasteiger partial charge < -0.3 is 10.1 Å². The fourth-order valence-corrected chi connectivity index (χ4v) is 1.32. The topological polar surface area (TPSA) is 38.3 Å². The second kappa shape index (κ2) is 6.95. The molecule has 1 aliphatic rings. The second-order valence-electron chi connectivity index (χ2n) is 3.05. The minimum Gasteiger partial charge on any atom is -0.459 e. The molecule has 1 saturated heterocycles. The van der Waals surface area contributed by atoms with Crippen molar-refractivity contribution in [1.29, 1.82) is 0 Å². The van der Waals surface area contributed by atoms with Gasteiger partial charge in [-0.25, -0.2) is 8.78 Å². The third-order valence-electron chi connectivity index (χ3n) is 2.02. The summed E-state index contributed by atoms with van der Waals surface area (Å²) in [6.45, 7) is 0.742. The van der Waals surface area contributed by atoms with Crippen molar-refractivity contribution in [3.63, 3.8) is 0 Å². The summed E-state index contributed by atoms with van der Waals surface area (Å²) in [4.78, 5) is 11.1. The van der Waals surface area contributed by atoms with E-state index < -0.39 is 19.0 Å². The van der Waals surface area contributed by atoms with Crippen LogP contribution in [-0.2, 0) is 9.53 Å². The zero-order valence-electron chi connectivity index (χ0n) is 7.67. The lowest BCUT2D eigenvalue weighted by atomic mass is 9.99. The lowest BCUT2D eigenvalue weighted by molar-refractivity contribution is -0.153. The molecular formula is C8H14ClF2NO2. The average Bonchev–Trinajstić information content (AvgIpc) is 2.15. The largest absolute Gasteiger partial charge is 0.459 e. The van der Waals surface area contributed by atoms with Gasteiger partial charge in [0.1, 0.15) is 0 Å². The molecule has 0 spiro atoms. The summed E-state index contributed by atoms with van der Waals surface area (Å²) in [7, 11) is 0. The van der Waals surface area contributed by atoms with Crippen LogP contribution in [0.5, 0.6) is 0 Å². The highest BCUT2D eigenvalue weighted by Crippen LogP contribution is 2.13. The van der Waals surface area contributed by atoms with Crippen LogP contribution in [0, 0.1) is 5.92 Å². The molecule has 0 saturated carbocycles. The molecule has 0 atom stereocenters. The van der Waals surface area contributed by atoms with E-state index in [0.29, 0.717) is 12.8 Å². The summed E-state index contributed by atoms with van der Waals surface area (Å²) < 4.78 is 27.8. The Labute approximate surface area is 87.6 Å². The summed E-state index contributed by atoms with van der Waals surface area (Å²) in [6, 6.07) is 0. The lowest BCUT2D eigenvalue weighted by Crippen LogP contribution is -2.33. The van der Waals surface area contributed by atoms with Crippen molar-refractivity contribution in [2.24, 2.45) is 5.92 Å². The monoisotopic (exact) mass is 229 g/mol. The molecule has 0 bridgehead atoms. The van der Waals surface area contributed by atoms with Crippen molar-refractivity contribution >= 4 is 18.4 Å². The Hall–Kier alpha value is -0.420. The summed E-state index contributed by atoms with van der Waals surface area (Å²) in [5.41, 5.74) is 0. The number of carbonyl (C=O) groups is 1. The van der Waals surface area contributed by atoms with Crippen LogP contribution in [0.4, 0.5) is 8.78 Å². The predicted octanol–water partition coefficient (Wildman–Crippen LogP) is 1.22. The number of rotatable bonds is 3. The number of piperidine rings is 1. The van der Waals surface area contributed by atoms with Crippen LogP contribution in [0.15, 0.2) is 0 Å². The van der Waals surface area contributed by atoms with Gasteiger partial charge in [0.2, 0.25) is 0 Å². The number of alkyl halides is 2. The highest BCUT2D eigenvalue weighted by molar-refractivity contribution is 5.85. The maximum absolute atomic E-state index is 11.7. The average molecular weight is 230 g/mol. The fourth-order valence-electron chi connectivity index (χ4n) is 1.32. The van der Waals surface area contributed by atoms with E-state index in [0.717, 1.165) is 13.1 Å². The molecule has 0 aromatic carbocycles. The van der Waals surface area contributed by atoms with Gasteiger partial charge >= 0.3 is 5.97 Å². The molecule has 0 aliphatic carbocycles. The quantitative estimate of drug-likeness (QED) is 0.740. The highest BCUT2D eigenvalue weighted by Gasteiger charge is 2.22. The Morgan fingerprint density at radius 1 is 1.43 bits per heavy atom. The first-order chi connectivity index (χ1) is 6.20. The van der Waals surface area contributed by atoms with Crippen LogP contribution in [0.25, 0.3) is 0 Å². The zero-order chi connectivity index (χ0) is 9.68. The number of hydrogen-bond acceptors (Lipinski definition) is 3. The maximum Gasteiger partial charge on any atom is 0.309 e. The Kier molecular flexibility index (Phi) is 6.74. The van der Waals surface area contributed by atoms with E-state index in [4.69, 9.17) is 0 Å². The Morgan fingerprint density at radius 2 is 2.00 bits per heavy atom. The first kappa shape index (κ1) is 13.6. The van der Waals surface area contributed by atoms with E-state index in [9.17, 15) is 13.6 Å². The van der Waals surface area contributed by atoms with Crippen molar-refractivity contribution in [3.8, 4) is 0 Å². The smallest absolute Gasteiger partial charge is 0.309 e. The molecule has 0 aromatic rings. The Balaban J connectivity index is 0.00000169. The predicted molar refractivity (Wildman–Crippen MR) is 49.8 cm³/mol. The van der Waals surface area contributed by atoms with Crippen LogP contribution in [0.3, 0.4) is 0 Å². The van der Waals surface area contributed by atoms with Gasteiger partial charge in [0.25, 0.3) is 6.43 Å². The number of hydrogen-bond donors (Lipinski definition) is 1. The number of halogens is 3. The van der Waals surface area contributed by atoms with Gasteiger partial charge in [0, 0.05) is 0 Å². The maximum atomic E-state index is 11.7. The van der Waals surface area contributed by atoms with Gasteiger partial charge in [-0.1, -0.05) is 0 Å². The SMILES string of the molecule is Cl.O=C(OCC(F)F)C1CCNCC1. The molecule has 0 radical (unpaired) electrons. The van der Waals surface area contributed by atoms with E-state index in [2.05, 4.69) is 10.1 Å². The minimum absolute atomic E-state index is 0. The highest BCUT2D eigenvalue weighted by atomic mass is 35.5. The standard InChI is InChI=1S/C8H13F2NO2.ClH/c9-7(10)5-13-8(12)6-1-3-11-4-2-6;/h6-7,11H,1-5H2;1H. The molecule has 0 unspecified atom stereocenters. The molecule has 0 amide bonds. The van der Waals surface area contributed by atoms with Crippen molar-refractivity contribution in [1.82, 2.24) is 5.32 Å². The number of carbonyl (C=O) groups excluding carboxylic acids is 1. The lowest BCUT2D eigenvalue weighted by Gasteiger charge is -2.20.